The maximum Gasteiger partial charge on any atom is 0.414 e. The quantitative estimate of drug-likeness (QED) is 0.465. The van der Waals surface area contributed by atoms with Crippen molar-refractivity contribution in [3.05, 3.63) is 11.8 Å². The molecule has 2 aliphatic rings. The fourth-order valence-electron chi connectivity index (χ4n) is 3.79. The molecule has 0 spiro atoms. The van der Waals surface area contributed by atoms with Gasteiger partial charge in [0.2, 0.25) is 0 Å². The third-order valence-electron chi connectivity index (χ3n) is 4.90. The Labute approximate surface area is 161 Å². The van der Waals surface area contributed by atoms with Crippen molar-refractivity contribution in [2.45, 2.75) is 49.8 Å². The lowest BCUT2D eigenvalue weighted by Crippen LogP contribution is -2.65. The number of hydrogen-bond donors (Lipinski definition) is 1. The topological polar surface area (TPSA) is 113 Å². The largest absolute Gasteiger partial charge is 0.465 e. The summed E-state index contributed by atoms with van der Waals surface area (Å²) in [6.45, 7) is 1.77. The van der Waals surface area contributed by atoms with Gasteiger partial charge in [-0.15, -0.1) is 0 Å². The maximum atomic E-state index is 12.6. The van der Waals surface area contributed by atoms with Crippen molar-refractivity contribution in [3.63, 3.8) is 0 Å². The molecule has 27 heavy (non-hydrogen) atoms. The molecular weight excluding hydrogens is 372 g/mol. The number of esters is 1. The first-order valence-corrected chi connectivity index (χ1v) is 10.1. The Morgan fingerprint density at radius 3 is 2.67 bits per heavy atom. The Morgan fingerprint density at radius 1 is 1.33 bits per heavy atom. The van der Waals surface area contributed by atoms with E-state index in [0.717, 1.165) is 24.2 Å². The molecule has 1 N–H and O–H groups in total. The molecule has 3 rings (SSSR count). The molecule has 0 radical (unpaired) electrons. The van der Waals surface area contributed by atoms with E-state index in [9.17, 15) is 19.5 Å². The average Bonchev–Trinajstić information content (AvgIpc) is 2.66. The minimum atomic E-state index is -1.23. The summed E-state index contributed by atoms with van der Waals surface area (Å²) in [6.07, 6.45) is 5.12. The van der Waals surface area contributed by atoms with Crippen LogP contribution in [-0.4, -0.2) is 69.4 Å². The summed E-state index contributed by atoms with van der Waals surface area (Å²) in [5, 5.41) is 9.95. The van der Waals surface area contributed by atoms with Crippen LogP contribution in [-0.2, 0) is 9.53 Å². The molecule has 2 amide bonds. The predicted octanol–water partition coefficient (Wildman–Crippen LogP) is 2.01. The highest BCUT2D eigenvalue weighted by Gasteiger charge is 2.46. The molecule has 2 atom stereocenters. The second-order valence-electron chi connectivity index (χ2n) is 6.41. The normalized spacial score (nSPS) is 22.4. The van der Waals surface area contributed by atoms with E-state index in [-0.39, 0.29) is 24.8 Å². The first-order chi connectivity index (χ1) is 13.0. The van der Waals surface area contributed by atoms with Crippen LogP contribution in [0.5, 0.6) is 0 Å². The molecule has 146 valence electrons. The van der Waals surface area contributed by atoms with E-state index in [1.54, 1.807) is 11.8 Å². The smallest absolute Gasteiger partial charge is 0.414 e. The highest BCUT2D eigenvalue weighted by atomic mass is 32.2. The Kier molecular flexibility index (Phi) is 5.83. The van der Waals surface area contributed by atoms with Crippen LogP contribution in [0.1, 0.15) is 43.0 Å². The maximum absolute atomic E-state index is 12.6. The second-order valence-corrected chi connectivity index (χ2v) is 7.18. The number of thioether (sulfide) groups is 1. The molecule has 1 aromatic heterocycles. The van der Waals surface area contributed by atoms with Crippen molar-refractivity contribution < 1.29 is 24.2 Å². The van der Waals surface area contributed by atoms with E-state index in [1.165, 1.54) is 18.0 Å². The van der Waals surface area contributed by atoms with E-state index < -0.39 is 24.0 Å². The minimum Gasteiger partial charge on any atom is -0.465 e. The number of piperazine rings is 1. The lowest BCUT2D eigenvalue weighted by molar-refractivity contribution is -0.133. The molecule has 0 bridgehead atoms. The van der Waals surface area contributed by atoms with Crippen molar-refractivity contribution in [1.82, 2.24) is 14.9 Å². The van der Waals surface area contributed by atoms with Crippen molar-refractivity contribution in [3.8, 4) is 0 Å². The summed E-state index contributed by atoms with van der Waals surface area (Å²) in [5.41, 5.74) is 0.190. The molecule has 9 nitrogen and oxygen atoms in total. The summed E-state index contributed by atoms with van der Waals surface area (Å²) in [4.78, 5) is 47.9. The van der Waals surface area contributed by atoms with Gasteiger partial charge in [-0.05, 0) is 26.0 Å². The lowest BCUT2D eigenvalue weighted by Gasteiger charge is -2.48. The number of carboxylic acid groups (broad SMARTS) is 1. The van der Waals surface area contributed by atoms with Gasteiger partial charge >= 0.3 is 12.1 Å². The molecule has 1 aliphatic carbocycles. The molecule has 10 heteroatoms. The van der Waals surface area contributed by atoms with Crippen LogP contribution >= 0.6 is 11.8 Å². The molecular formula is C17H22N4O5S. The first-order valence-electron chi connectivity index (χ1n) is 8.87. The SMILES string of the molecule is CCOC(=O)c1cnc(SC)nc1N1CC(=O)N(C(=O)O)[C@@H]2CCCC[C@H]21. The van der Waals surface area contributed by atoms with Gasteiger partial charge in [0.1, 0.15) is 11.4 Å². The van der Waals surface area contributed by atoms with Gasteiger partial charge in [0, 0.05) is 6.20 Å². The zero-order chi connectivity index (χ0) is 19.6. The van der Waals surface area contributed by atoms with Gasteiger partial charge in [0.15, 0.2) is 5.16 Å². The predicted molar refractivity (Wildman–Crippen MR) is 98.0 cm³/mol. The zero-order valence-electron chi connectivity index (χ0n) is 15.3. The monoisotopic (exact) mass is 394 g/mol. The van der Waals surface area contributed by atoms with Crippen LogP contribution < -0.4 is 4.90 Å². The summed E-state index contributed by atoms with van der Waals surface area (Å²) >= 11 is 1.33. The van der Waals surface area contributed by atoms with E-state index in [4.69, 9.17) is 4.74 Å². The lowest BCUT2D eigenvalue weighted by atomic mass is 9.86. The molecule has 2 fully saturated rings. The van der Waals surface area contributed by atoms with Crippen LogP contribution in [0.25, 0.3) is 0 Å². The summed E-state index contributed by atoms with van der Waals surface area (Å²) < 4.78 is 5.11. The number of rotatable bonds is 4. The Balaban J connectivity index is 2.05. The standard InChI is InChI=1S/C17H22N4O5S/c1-3-26-15(23)10-8-18-16(27-2)19-14(10)20-9-13(22)21(17(24)25)12-7-5-4-6-11(12)20/h8,11-12H,3-7,9H2,1-2H3,(H,24,25)/t11-,12-/m1/s1. The molecule has 1 aliphatic heterocycles. The number of ether oxygens (including phenoxy) is 1. The number of nitrogens with zero attached hydrogens (tertiary/aromatic N) is 4. The van der Waals surface area contributed by atoms with E-state index in [2.05, 4.69) is 9.97 Å². The van der Waals surface area contributed by atoms with Crippen molar-refractivity contribution in [2.24, 2.45) is 0 Å². The third-order valence-corrected chi connectivity index (χ3v) is 5.46. The van der Waals surface area contributed by atoms with Gasteiger partial charge in [-0.2, -0.15) is 0 Å². The Hall–Kier alpha value is -2.36. The highest BCUT2D eigenvalue weighted by molar-refractivity contribution is 7.98. The number of hydrogen-bond acceptors (Lipinski definition) is 8. The van der Waals surface area contributed by atoms with Crippen LogP contribution in [0, 0.1) is 0 Å². The molecule has 0 aromatic carbocycles. The minimum absolute atomic E-state index is 0.148. The van der Waals surface area contributed by atoms with Crippen LogP contribution in [0.4, 0.5) is 10.6 Å². The van der Waals surface area contributed by atoms with Gasteiger partial charge in [-0.3, -0.25) is 4.79 Å². The van der Waals surface area contributed by atoms with E-state index in [1.807, 2.05) is 6.26 Å². The van der Waals surface area contributed by atoms with Crippen LogP contribution in [0.2, 0.25) is 0 Å². The second kappa shape index (κ2) is 8.12. The highest BCUT2D eigenvalue weighted by Crippen LogP contribution is 2.35. The van der Waals surface area contributed by atoms with Gasteiger partial charge in [0.05, 0.1) is 25.2 Å². The van der Waals surface area contributed by atoms with Crippen LogP contribution in [0.3, 0.4) is 0 Å². The van der Waals surface area contributed by atoms with E-state index in [0.29, 0.717) is 17.4 Å². The van der Waals surface area contributed by atoms with Crippen molar-refractivity contribution in [2.75, 3.05) is 24.3 Å². The number of amides is 2. The van der Waals surface area contributed by atoms with Crippen molar-refractivity contribution in [1.29, 1.82) is 0 Å². The average molecular weight is 394 g/mol. The third kappa shape index (κ3) is 3.71. The fourth-order valence-corrected chi connectivity index (χ4v) is 4.12. The number of aromatic nitrogens is 2. The van der Waals surface area contributed by atoms with Gasteiger partial charge in [-0.25, -0.2) is 24.5 Å². The Bertz CT molecular complexity index is 759. The summed E-state index contributed by atoms with van der Waals surface area (Å²) in [6, 6.07) is -0.662. The number of fused-ring (bicyclic) bond motifs is 1. The molecule has 0 unspecified atom stereocenters. The Morgan fingerprint density at radius 2 is 2.04 bits per heavy atom. The first kappa shape index (κ1) is 19.4. The number of imide groups is 1. The van der Waals surface area contributed by atoms with E-state index >= 15 is 0 Å². The summed E-state index contributed by atoms with van der Waals surface area (Å²) in [5.74, 6) is -0.728. The fraction of sp³-hybridized carbons (Fsp3) is 0.588. The van der Waals surface area contributed by atoms with Gasteiger partial charge in [0.25, 0.3) is 5.91 Å². The number of carbonyl (C=O) groups excluding carboxylic acids is 2. The molecule has 1 saturated heterocycles. The number of anilines is 1. The number of carbonyl (C=O) groups is 3. The van der Waals surface area contributed by atoms with Gasteiger partial charge < -0.3 is 14.7 Å². The van der Waals surface area contributed by atoms with Crippen LogP contribution in [0.15, 0.2) is 11.4 Å². The van der Waals surface area contributed by atoms with Gasteiger partial charge in [-0.1, -0.05) is 24.6 Å². The molecule has 1 saturated carbocycles. The molecule has 1 aromatic rings. The van der Waals surface area contributed by atoms with Crippen molar-refractivity contribution >= 4 is 35.5 Å². The zero-order valence-corrected chi connectivity index (χ0v) is 16.1. The molecule has 2 heterocycles. The summed E-state index contributed by atoms with van der Waals surface area (Å²) in [7, 11) is 0.